The number of nitrogens with one attached hydrogen (secondary N) is 2. The van der Waals surface area contributed by atoms with Gasteiger partial charge in [-0.15, -0.1) is 0 Å². The van der Waals surface area contributed by atoms with Crippen molar-refractivity contribution in [2.75, 3.05) is 7.11 Å². The van der Waals surface area contributed by atoms with Crippen LogP contribution in [0.5, 0.6) is 0 Å². The van der Waals surface area contributed by atoms with E-state index in [0.717, 1.165) is 0 Å². The normalized spacial score (nSPS) is 30.9. The van der Waals surface area contributed by atoms with Crippen molar-refractivity contribution >= 4 is 5.97 Å². The number of ether oxygens (including phenoxy) is 1. The van der Waals surface area contributed by atoms with Gasteiger partial charge in [0.15, 0.2) is 0 Å². The van der Waals surface area contributed by atoms with Crippen molar-refractivity contribution in [3.63, 3.8) is 0 Å². The standard InChI is InChI=1S/C15H25N3O2/c1-10(12(19)20-7)17-15(9-16)8-13(3,4)18-14(5,6)11(15)2/h11,17-18H,1,8H2,2-7H3. The zero-order chi connectivity index (χ0) is 15.8. The van der Waals surface area contributed by atoms with Gasteiger partial charge in [0.2, 0.25) is 0 Å². The fourth-order valence-electron chi connectivity index (χ4n) is 3.25. The third-order valence-corrected chi connectivity index (χ3v) is 4.21. The summed E-state index contributed by atoms with van der Waals surface area (Å²) in [5.41, 5.74) is -1.21. The number of carbonyl (C=O) groups is 1. The van der Waals surface area contributed by atoms with Gasteiger partial charge in [-0.2, -0.15) is 5.26 Å². The molecule has 0 bridgehead atoms. The number of hydrogen-bond acceptors (Lipinski definition) is 5. The van der Waals surface area contributed by atoms with E-state index in [1.807, 2.05) is 6.92 Å². The Hall–Kier alpha value is -1.54. The van der Waals surface area contributed by atoms with Gasteiger partial charge in [-0.05, 0) is 27.7 Å². The minimum Gasteiger partial charge on any atom is -0.464 e. The molecule has 1 heterocycles. The van der Waals surface area contributed by atoms with Crippen LogP contribution in [0, 0.1) is 17.2 Å². The molecule has 0 saturated carbocycles. The SMILES string of the molecule is C=C(NC1(C#N)CC(C)(C)NC(C)(C)C1C)C(=O)OC. The highest BCUT2D eigenvalue weighted by Gasteiger charge is 2.53. The van der Waals surface area contributed by atoms with Crippen LogP contribution in [0.4, 0.5) is 0 Å². The van der Waals surface area contributed by atoms with Crippen LogP contribution in [0.3, 0.4) is 0 Å². The number of nitrogens with zero attached hydrogens (tertiary/aromatic N) is 1. The summed E-state index contributed by atoms with van der Waals surface area (Å²) < 4.78 is 4.66. The molecule has 0 aromatic heterocycles. The van der Waals surface area contributed by atoms with Crippen molar-refractivity contribution in [3.05, 3.63) is 12.3 Å². The summed E-state index contributed by atoms with van der Waals surface area (Å²) >= 11 is 0. The van der Waals surface area contributed by atoms with Crippen molar-refractivity contribution in [3.8, 4) is 6.07 Å². The lowest BCUT2D eigenvalue weighted by atomic mass is 9.64. The maximum atomic E-state index is 11.6. The van der Waals surface area contributed by atoms with Crippen LogP contribution in [-0.2, 0) is 9.53 Å². The molecule has 1 saturated heterocycles. The number of methoxy groups -OCH3 is 1. The number of rotatable bonds is 3. The molecule has 5 nitrogen and oxygen atoms in total. The molecule has 1 aliphatic rings. The number of hydrogen-bond donors (Lipinski definition) is 2. The Morgan fingerprint density at radius 3 is 2.45 bits per heavy atom. The van der Waals surface area contributed by atoms with E-state index in [1.165, 1.54) is 7.11 Å². The van der Waals surface area contributed by atoms with Crippen molar-refractivity contribution in [2.24, 2.45) is 5.92 Å². The molecular weight excluding hydrogens is 254 g/mol. The molecule has 0 aromatic carbocycles. The number of piperidine rings is 1. The summed E-state index contributed by atoms with van der Waals surface area (Å²) in [4.78, 5) is 11.6. The quantitative estimate of drug-likeness (QED) is 0.608. The number of carbonyl (C=O) groups excluding carboxylic acids is 1. The molecule has 20 heavy (non-hydrogen) atoms. The van der Waals surface area contributed by atoms with Crippen LogP contribution in [-0.4, -0.2) is 29.7 Å². The van der Waals surface area contributed by atoms with Crippen molar-refractivity contribution in [1.82, 2.24) is 10.6 Å². The van der Waals surface area contributed by atoms with Gasteiger partial charge in [-0.1, -0.05) is 13.5 Å². The Morgan fingerprint density at radius 1 is 1.45 bits per heavy atom. The van der Waals surface area contributed by atoms with Gasteiger partial charge in [0.1, 0.15) is 11.2 Å². The zero-order valence-corrected chi connectivity index (χ0v) is 13.3. The largest absolute Gasteiger partial charge is 0.464 e. The highest BCUT2D eigenvalue weighted by molar-refractivity contribution is 5.87. The van der Waals surface area contributed by atoms with Crippen LogP contribution in [0.2, 0.25) is 0 Å². The van der Waals surface area contributed by atoms with Crippen LogP contribution < -0.4 is 10.6 Å². The van der Waals surface area contributed by atoms with E-state index in [4.69, 9.17) is 0 Å². The van der Waals surface area contributed by atoms with E-state index in [1.54, 1.807) is 0 Å². The molecule has 0 amide bonds. The van der Waals surface area contributed by atoms with E-state index >= 15 is 0 Å². The van der Waals surface area contributed by atoms with E-state index < -0.39 is 11.5 Å². The summed E-state index contributed by atoms with van der Waals surface area (Å²) in [6, 6.07) is 2.37. The summed E-state index contributed by atoms with van der Waals surface area (Å²) in [6.07, 6.45) is 0.567. The molecule has 0 spiro atoms. The minimum absolute atomic E-state index is 0.0190. The van der Waals surface area contributed by atoms with E-state index in [2.05, 4.69) is 55.7 Å². The van der Waals surface area contributed by atoms with Gasteiger partial charge in [-0.3, -0.25) is 0 Å². The average molecular weight is 279 g/mol. The second-order valence-electron chi connectivity index (χ2n) is 6.81. The van der Waals surface area contributed by atoms with Crippen LogP contribution in [0.15, 0.2) is 12.3 Å². The average Bonchev–Trinajstić information content (AvgIpc) is 2.32. The first-order valence-corrected chi connectivity index (χ1v) is 6.76. The lowest BCUT2D eigenvalue weighted by Crippen LogP contribution is -2.71. The molecular formula is C15H25N3O2. The monoisotopic (exact) mass is 279 g/mol. The molecule has 2 N–H and O–H groups in total. The molecule has 2 unspecified atom stereocenters. The third-order valence-electron chi connectivity index (χ3n) is 4.21. The molecule has 5 heteroatoms. The smallest absolute Gasteiger partial charge is 0.353 e. The zero-order valence-electron chi connectivity index (χ0n) is 13.3. The Balaban J connectivity index is 3.16. The van der Waals surface area contributed by atoms with Gasteiger partial charge in [-0.25, -0.2) is 4.79 Å². The molecule has 0 aliphatic carbocycles. The molecule has 0 radical (unpaired) electrons. The molecule has 1 rings (SSSR count). The van der Waals surface area contributed by atoms with Gasteiger partial charge >= 0.3 is 5.97 Å². The Morgan fingerprint density at radius 2 is 2.00 bits per heavy atom. The van der Waals surface area contributed by atoms with Crippen molar-refractivity contribution in [1.29, 1.82) is 5.26 Å². The van der Waals surface area contributed by atoms with Gasteiger partial charge < -0.3 is 15.4 Å². The lowest BCUT2D eigenvalue weighted by molar-refractivity contribution is -0.137. The Bertz CT molecular complexity index is 462. The fourth-order valence-corrected chi connectivity index (χ4v) is 3.25. The van der Waals surface area contributed by atoms with Gasteiger partial charge in [0, 0.05) is 23.4 Å². The highest BCUT2D eigenvalue weighted by Crippen LogP contribution is 2.40. The first-order valence-electron chi connectivity index (χ1n) is 6.76. The minimum atomic E-state index is -0.858. The number of nitriles is 1. The van der Waals surface area contributed by atoms with Gasteiger partial charge in [0.25, 0.3) is 0 Å². The Labute approximate surface area is 121 Å². The maximum absolute atomic E-state index is 11.6. The predicted octanol–water partition coefficient (Wildman–Crippen LogP) is 1.71. The second kappa shape index (κ2) is 5.10. The first kappa shape index (κ1) is 16.5. The van der Waals surface area contributed by atoms with E-state index in [-0.39, 0.29) is 22.7 Å². The number of esters is 1. The Kier molecular flexibility index (Phi) is 4.21. The summed E-state index contributed by atoms with van der Waals surface area (Å²) in [5, 5.41) is 16.3. The first-order chi connectivity index (χ1) is 8.99. The predicted molar refractivity (Wildman–Crippen MR) is 77.7 cm³/mol. The summed E-state index contributed by atoms with van der Waals surface area (Å²) in [5.74, 6) is -0.560. The maximum Gasteiger partial charge on any atom is 0.353 e. The lowest BCUT2D eigenvalue weighted by Gasteiger charge is -2.55. The van der Waals surface area contributed by atoms with Crippen LogP contribution in [0.1, 0.15) is 41.0 Å². The molecule has 2 atom stereocenters. The molecule has 1 aliphatic heterocycles. The highest BCUT2D eigenvalue weighted by atomic mass is 16.5. The molecule has 112 valence electrons. The van der Waals surface area contributed by atoms with Crippen molar-refractivity contribution in [2.45, 2.75) is 57.7 Å². The van der Waals surface area contributed by atoms with Crippen LogP contribution in [0.25, 0.3) is 0 Å². The molecule has 0 aromatic rings. The van der Waals surface area contributed by atoms with E-state index in [0.29, 0.717) is 6.42 Å². The van der Waals surface area contributed by atoms with Crippen LogP contribution >= 0.6 is 0 Å². The second-order valence-corrected chi connectivity index (χ2v) is 6.81. The summed E-state index contributed by atoms with van der Waals surface area (Å²) in [7, 11) is 1.30. The van der Waals surface area contributed by atoms with Crippen molar-refractivity contribution < 1.29 is 9.53 Å². The summed E-state index contributed by atoms with van der Waals surface area (Å²) in [6.45, 7) is 13.9. The topological polar surface area (TPSA) is 74.2 Å². The van der Waals surface area contributed by atoms with E-state index in [9.17, 15) is 10.1 Å². The molecule has 1 fully saturated rings. The third kappa shape index (κ3) is 2.96. The van der Waals surface area contributed by atoms with Gasteiger partial charge in [0.05, 0.1) is 13.2 Å². The fraction of sp³-hybridized carbons (Fsp3) is 0.733.